The Morgan fingerprint density at radius 1 is 1.26 bits per heavy atom. The molecule has 27 heavy (non-hydrogen) atoms. The van der Waals surface area contributed by atoms with Crippen LogP contribution in [0.4, 0.5) is 0 Å². The van der Waals surface area contributed by atoms with Crippen molar-refractivity contribution in [1.82, 2.24) is 10.2 Å². The van der Waals surface area contributed by atoms with Crippen molar-refractivity contribution in [2.75, 3.05) is 60.2 Å². The number of likely N-dealkylation sites (tertiary alicyclic amines) is 1. The highest BCUT2D eigenvalue weighted by atomic mass is 127. The number of para-hydroxylation sites is 1. The van der Waals surface area contributed by atoms with Crippen LogP contribution in [0.3, 0.4) is 0 Å². The third-order valence-corrected chi connectivity index (χ3v) is 4.54. The molecule has 0 saturated carbocycles. The molecule has 1 heterocycles. The molecule has 0 radical (unpaired) electrons. The lowest BCUT2D eigenvalue weighted by Crippen LogP contribution is -2.40. The van der Waals surface area contributed by atoms with E-state index in [9.17, 15) is 0 Å². The molecule has 1 aromatic carbocycles. The van der Waals surface area contributed by atoms with Crippen molar-refractivity contribution in [3.05, 3.63) is 29.8 Å². The van der Waals surface area contributed by atoms with Crippen LogP contribution in [0, 0.1) is 5.92 Å². The summed E-state index contributed by atoms with van der Waals surface area (Å²) in [6, 6.07) is 8.14. The Balaban J connectivity index is 0.00000364. The molecule has 1 fully saturated rings. The number of guanidine groups is 1. The Kier molecular flexibility index (Phi) is 12.4. The van der Waals surface area contributed by atoms with Gasteiger partial charge in [-0.25, -0.2) is 0 Å². The maximum Gasteiger partial charge on any atom is 0.193 e. The van der Waals surface area contributed by atoms with Gasteiger partial charge in [-0.1, -0.05) is 18.2 Å². The van der Waals surface area contributed by atoms with E-state index in [-0.39, 0.29) is 24.0 Å². The predicted molar refractivity (Wildman–Crippen MR) is 120 cm³/mol. The second-order valence-corrected chi connectivity index (χ2v) is 6.47. The van der Waals surface area contributed by atoms with E-state index < -0.39 is 0 Å². The van der Waals surface area contributed by atoms with Crippen LogP contribution in [0.15, 0.2) is 29.3 Å². The lowest BCUT2D eigenvalue weighted by molar-refractivity contribution is 0.0536. The molecule has 1 N–H and O–H groups in total. The third-order valence-electron chi connectivity index (χ3n) is 4.54. The Hall–Kier alpha value is -1.06. The number of methoxy groups -OCH3 is 2. The summed E-state index contributed by atoms with van der Waals surface area (Å²) in [4.78, 5) is 7.17. The first kappa shape index (κ1) is 24.0. The monoisotopic (exact) mass is 491 g/mol. The highest BCUT2D eigenvalue weighted by Gasteiger charge is 2.24. The molecule has 0 aromatic heterocycles. The van der Waals surface area contributed by atoms with Gasteiger partial charge in [0.1, 0.15) is 5.75 Å². The molecule has 6 nitrogen and oxygen atoms in total. The first-order valence-electron chi connectivity index (χ1n) is 9.50. The second kappa shape index (κ2) is 14.0. The van der Waals surface area contributed by atoms with Gasteiger partial charge in [0.05, 0.1) is 26.9 Å². The molecule has 2 rings (SSSR count). The number of hydrogen-bond donors (Lipinski definition) is 1. The molecule has 1 saturated heterocycles. The van der Waals surface area contributed by atoms with E-state index in [1.807, 2.05) is 18.2 Å². The van der Waals surface area contributed by atoms with Crippen LogP contribution in [0.1, 0.15) is 18.9 Å². The summed E-state index contributed by atoms with van der Waals surface area (Å²) >= 11 is 0. The lowest BCUT2D eigenvalue weighted by Gasteiger charge is -2.21. The fourth-order valence-corrected chi connectivity index (χ4v) is 3.17. The Labute approximate surface area is 180 Å². The Morgan fingerprint density at radius 2 is 2.07 bits per heavy atom. The number of nitrogens with one attached hydrogen (secondary N) is 1. The van der Waals surface area contributed by atoms with Gasteiger partial charge < -0.3 is 24.4 Å². The third kappa shape index (κ3) is 8.23. The van der Waals surface area contributed by atoms with E-state index in [1.165, 1.54) is 5.56 Å². The van der Waals surface area contributed by atoms with Crippen molar-refractivity contribution in [2.45, 2.75) is 19.8 Å². The number of hydrogen-bond acceptors (Lipinski definition) is 4. The van der Waals surface area contributed by atoms with Gasteiger partial charge in [0, 0.05) is 39.2 Å². The average Bonchev–Trinajstić information content (AvgIpc) is 3.14. The quantitative estimate of drug-likeness (QED) is 0.236. The zero-order valence-corrected chi connectivity index (χ0v) is 19.1. The minimum atomic E-state index is 0. The average molecular weight is 491 g/mol. The molecule has 0 bridgehead atoms. The number of benzene rings is 1. The molecule has 7 heteroatoms. The summed E-state index contributed by atoms with van der Waals surface area (Å²) in [5, 5.41) is 3.42. The van der Waals surface area contributed by atoms with E-state index in [1.54, 1.807) is 14.2 Å². The zero-order valence-electron chi connectivity index (χ0n) is 16.8. The van der Waals surface area contributed by atoms with E-state index in [0.717, 1.165) is 57.3 Å². The van der Waals surface area contributed by atoms with Gasteiger partial charge in [0.15, 0.2) is 5.96 Å². The Bertz CT molecular complexity index is 557. The molecule has 1 aliphatic rings. The molecule has 154 valence electrons. The molecule has 0 aliphatic carbocycles. The van der Waals surface area contributed by atoms with E-state index in [0.29, 0.717) is 19.1 Å². The first-order valence-corrected chi connectivity index (χ1v) is 9.50. The van der Waals surface area contributed by atoms with Gasteiger partial charge in [0.2, 0.25) is 0 Å². The number of nitrogens with zero attached hydrogens (tertiary/aromatic N) is 2. The molecule has 0 amide bonds. The van der Waals surface area contributed by atoms with Crippen molar-refractivity contribution in [2.24, 2.45) is 10.9 Å². The largest absolute Gasteiger partial charge is 0.496 e. The minimum absolute atomic E-state index is 0. The molecule has 1 aromatic rings. The normalized spacial score (nSPS) is 16.9. The molecule has 0 spiro atoms. The fraction of sp³-hybridized carbons (Fsp3) is 0.650. The predicted octanol–water partition coefficient (Wildman–Crippen LogP) is 2.81. The summed E-state index contributed by atoms with van der Waals surface area (Å²) in [6.45, 7) is 7.86. The summed E-state index contributed by atoms with van der Waals surface area (Å²) in [5.74, 6) is 2.49. The minimum Gasteiger partial charge on any atom is -0.496 e. The summed E-state index contributed by atoms with van der Waals surface area (Å²) in [7, 11) is 3.41. The van der Waals surface area contributed by atoms with Crippen LogP contribution in [-0.2, 0) is 15.9 Å². The number of aliphatic imine (C=N–C) groups is 1. The second-order valence-electron chi connectivity index (χ2n) is 6.47. The molecular formula is C20H34IN3O3. The molecule has 1 aliphatic heterocycles. The summed E-state index contributed by atoms with van der Waals surface area (Å²) in [5.41, 5.74) is 1.19. The lowest BCUT2D eigenvalue weighted by atomic mass is 10.1. The van der Waals surface area contributed by atoms with E-state index in [4.69, 9.17) is 19.2 Å². The summed E-state index contributed by atoms with van der Waals surface area (Å²) < 4.78 is 16.1. The van der Waals surface area contributed by atoms with Crippen LogP contribution >= 0.6 is 24.0 Å². The van der Waals surface area contributed by atoms with Gasteiger partial charge in [-0.15, -0.1) is 24.0 Å². The fourth-order valence-electron chi connectivity index (χ4n) is 3.17. The van der Waals surface area contributed by atoms with Crippen LogP contribution in [0.5, 0.6) is 5.75 Å². The molecular weight excluding hydrogens is 457 g/mol. The van der Waals surface area contributed by atoms with Crippen molar-refractivity contribution in [3.63, 3.8) is 0 Å². The maximum atomic E-state index is 5.68. The first-order chi connectivity index (χ1) is 12.8. The highest BCUT2D eigenvalue weighted by Crippen LogP contribution is 2.19. The van der Waals surface area contributed by atoms with Gasteiger partial charge in [-0.3, -0.25) is 4.99 Å². The standard InChI is InChI=1S/C20H33N3O3.HI/c1-4-21-20(22-11-9-18-7-5-6-8-19(18)25-3)23-12-10-17(15-23)16-26-14-13-24-2;/h5-8,17H,4,9-16H2,1-3H3,(H,21,22);1H. The SMILES string of the molecule is CCNC(=NCCc1ccccc1OC)N1CCC(COCCOC)C1.I. The van der Waals surface area contributed by atoms with Gasteiger partial charge in [0.25, 0.3) is 0 Å². The van der Waals surface area contributed by atoms with Gasteiger partial charge in [-0.2, -0.15) is 0 Å². The molecule has 1 unspecified atom stereocenters. The van der Waals surface area contributed by atoms with Crippen LogP contribution in [0.25, 0.3) is 0 Å². The van der Waals surface area contributed by atoms with Crippen LogP contribution < -0.4 is 10.1 Å². The van der Waals surface area contributed by atoms with Gasteiger partial charge in [-0.05, 0) is 31.4 Å². The van der Waals surface area contributed by atoms with Crippen LogP contribution in [-0.4, -0.2) is 71.1 Å². The summed E-state index contributed by atoms with van der Waals surface area (Å²) in [6.07, 6.45) is 2.01. The Morgan fingerprint density at radius 3 is 2.81 bits per heavy atom. The van der Waals surface area contributed by atoms with Crippen molar-refractivity contribution >= 4 is 29.9 Å². The zero-order chi connectivity index (χ0) is 18.6. The highest BCUT2D eigenvalue weighted by molar-refractivity contribution is 14.0. The van der Waals surface area contributed by atoms with Gasteiger partial charge >= 0.3 is 0 Å². The van der Waals surface area contributed by atoms with E-state index in [2.05, 4.69) is 23.2 Å². The van der Waals surface area contributed by atoms with Crippen molar-refractivity contribution in [3.8, 4) is 5.75 Å². The topological polar surface area (TPSA) is 55.3 Å². The van der Waals surface area contributed by atoms with E-state index >= 15 is 0 Å². The molecule has 1 atom stereocenters. The number of rotatable bonds is 10. The number of halogens is 1. The van der Waals surface area contributed by atoms with Crippen molar-refractivity contribution in [1.29, 1.82) is 0 Å². The van der Waals surface area contributed by atoms with Crippen molar-refractivity contribution < 1.29 is 14.2 Å². The van der Waals surface area contributed by atoms with Crippen LogP contribution in [0.2, 0.25) is 0 Å². The maximum absolute atomic E-state index is 5.68. The number of ether oxygens (including phenoxy) is 3. The smallest absolute Gasteiger partial charge is 0.193 e.